The third-order valence-corrected chi connectivity index (χ3v) is 2.17. The number of nitrogens with two attached hydrogens (primary N) is 1. The minimum Gasteiger partial charge on any atom is -0.343 e. The highest BCUT2D eigenvalue weighted by Crippen LogP contribution is 2.02. The average molecular weight is 186 g/mol. The predicted octanol–water partition coefficient (Wildman–Crippen LogP) is 1.37. The van der Waals surface area contributed by atoms with Gasteiger partial charge in [-0.15, -0.1) is 0 Å². The van der Waals surface area contributed by atoms with E-state index in [4.69, 9.17) is 5.73 Å². The zero-order chi connectivity index (χ0) is 10.3. The van der Waals surface area contributed by atoms with Crippen molar-refractivity contribution in [3.63, 3.8) is 0 Å². The van der Waals surface area contributed by atoms with E-state index in [0.29, 0.717) is 6.42 Å². The molecule has 2 N–H and O–H groups in total. The van der Waals surface area contributed by atoms with Crippen LogP contribution in [0.1, 0.15) is 40.0 Å². The maximum absolute atomic E-state index is 11.5. The monoisotopic (exact) mass is 186 g/mol. The number of carbonyl (C=O) groups excluding carboxylic acids is 1. The van der Waals surface area contributed by atoms with Crippen LogP contribution in [0, 0.1) is 0 Å². The van der Waals surface area contributed by atoms with Crippen molar-refractivity contribution in [2.75, 3.05) is 13.1 Å². The van der Waals surface area contributed by atoms with E-state index in [1.54, 1.807) is 0 Å². The summed E-state index contributed by atoms with van der Waals surface area (Å²) in [7, 11) is 0. The zero-order valence-electron chi connectivity index (χ0n) is 9.05. The Kier molecular flexibility index (Phi) is 6.59. The number of rotatable bonds is 6. The standard InChI is InChI=1S/C10H22N2O/c1-4-12(5-2)10(13)8-6-7-9(3)11/h9H,4-8,11H2,1-3H3. The van der Waals surface area contributed by atoms with E-state index in [-0.39, 0.29) is 11.9 Å². The van der Waals surface area contributed by atoms with E-state index < -0.39 is 0 Å². The Bertz CT molecular complexity index is 142. The van der Waals surface area contributed by atoms with Crippen molar-refractivity contribution >= 4 is 5.91 Å². The minimum atomic E-state index is 0.213. The first-order chi connectivity index (χ1) is 6.11. The topological polar surface area (TPSA) is 46.3 Å². The van der Waals surface area contributed by atoms with Crippen molar-refractivity contribution < 1.29 is 4.79 Å². The van der Waals surface area contributed by atoms with Crippen LogP contribution in [0.25, 0.3) is 0 Å². The van der Waals surface area contributed by atoms with E-state index in [2.05, 4.69) is 0 Å². The first-order valence-electron chi connectivity index (χ1n) is 5.15. The van der Waals surface area contributed by atoms with Crippen LogP contribution in [0.3, 0.4) is 0 Å². The summed E-state index contributed by atoms with van der Waals surface area (Å²) in [4.78, 5) is 13.3. The van der Waals surface area contributed by atoms with Crippen LogP contribution in [0.2, 0.25) is 0 Å². The fourth-order valence-electron chi connectivity index (χ4n) is 1.31. The molecule has 1 unspecified atom stereocenters. The Balaban J connectivity index is 3.60. The quantitative estimate of drug-likeness (QED) is 0.681. The van der Waals surface area contributed by atoms with Gasteiger partial charge in [-0.25, -0.2) is 0 Å². The molecule has 3 nitrogen and oxygen atoms in total. The van der Waals surface area contributed by atoms with Gasteiger partial charge in [0.2, 0.25) is 5.91 Å². The Morgan fingerprint density at radius 3 is 2.31 bits per heavy atom. The van der Waals surface area contributed by atoms with Crippen molar-refractivity contribution in [2.24, 2.45) is 5.73 Å². The van der Waals surface area contributed by atoms with Gasteiger partial charge in [0, 0.05) is 25.6 Å². The van der Waals surface area contributed by atoms with Gasteiger partial charge in [0.25, 0.3) is 0 Å². The molecule has 0 aliphatic carbocycles. The van der Waals surface area contributed by atoms with Crippen LogP contribution in [0.4, 0.5) is 0 Å². The van der Waals surface area contributed by atoms with Gasteiger partial charge in [0.1, 0.15) is 0 Å². The molecule has 0 heterocycles. The Hall–Kier alpha value is -0.570. The first-order valence-corrected chi connectivity index (χ1v) is 5.15. The second-order valence-electron chi connectivity index (χ2n) is 3.44. The lowest BCUT2D eigenvalue weighted by atomic mass is 10.1. The molecule has 0 aromatic rings. The third-order valence-electron chi connectivity index (χ3n) is 2.17. The fourth-order valence-corrected chi connectivity index (χ4v) is 1.31. The summed E-state index contributed by atoms with van der Waals surface area (Å²) in [5.74, 6) is 0.255. The van der Waals surface area contributed by atoms with Gasteiger partial charge >= 0.3 is 0 Å². The highest BCUT2D eigenvalue weighted by Gasteiger charge is 2.08. The van der Waals surface area contributed by atoms with Gasteiger partial charge in [-0.3, -0.25) is 4.79 Å². The first kappa shape index (κ1) is 12.4. The summed E-state index contributed by atoms with van der Waals surface area (Å²) in [6, 6.07) is 0.213. The molecule has 78 valence electrons. The van der Waals surface area contributed by atoms with E-state index >= 15 is 0 Å². The molecular weight excluding hydrogens is 164 g/mol. The van der Waals surface area contributed by atoms with Crippen LogP contribution in [0.15, 0.2) is 0 Å². The molecular formula is C10H22N2O. The average Bonchev–Trinajstić information content (AvgIpc) is 2.05. The van der Waals surface area contributed by atoms with Gasteiger partial charge in [0.05, 0.1) is 0 Å². The van der Waals surface area contributed by atoms with Crippen LogP contribution in [-0.4, -0.2) is 29.9 Å². The highest BCUT2D eigenvalue weighted by atomic mass is 16.2. The lowest BCUT2D eigenvalue weighted by Crippen LogP contribution is -2.30. The molecule has 0 aliphatic rings. The number of hydrogen-bond acceptors (Lipinski definition) is 2. The molecule has 13 heavy (non-hydrogen) atoms. The van der Waals surface area contributed by atoms with Crippen molar-refractivity contribution in [2.45, 2.75) is 46.1 Å². The summed E-state index contributed by atoms with van der Waals surface area (Å²) < 4.78 is 0. The van der Waals surface area contributed by atoms with Crippen LogP contribution >= 0.6 is 0 Å². The van der Waals surface area contributed by atoms with E-state index in [1.165, 1.54) is 0 Å². The van der Waals surface area contributed by atoms with Crippen LogP contribution < -0.4 is 5.73 Å². The van der Waals surface area contributed by atoms with Gasteiger partial charge in [-0.05, 0) is 33.6 Å². The predicted molar refractivity (Wildman–Crippen MR) is 55.4 cm³/mol. The molecule has 0 rings (SSSR count). The third kappa shape index (κ3) is 5.64. The molecule has 0 spiro atoms. The van der Waals surface area contributed by atoms with Gasteiger partial charge in [-0.2, -0.15) is 0 Å². The van der Waals surface area contributed by atoms with Crippen LogP contribution in [0.5, 0.6) is 0 Å². The molecule has 1 amide bonds. The minimum absolute atomic E-state index is 0.213. The zero-order valence-corrected chi connectivity index (χ0v) is 9.05. The maximum Gasteiger partial charge on any atom is 0.222 e. The molecule has 3 heteroatoms. The van der Waals surface area contributed by atoms with Gasteiger partial charge in [-0.1, -0.05) is 0 Å². The van der Waals surface area contributed by atoms with Crippen molar-refractivity contribution in [1.82, 2.24) is 4.90 Å². The largest absolute Gasteiger partial charge is 0.343 e. The van der Waals surface area contributed by atoms with Gasteiger partial charge in [0.15, 0.2) is 0 Å². The molecule has 0 fully saturated rings. The number of hydrogen-bond donors (Lipinski definition) is 1. The van der Waals surface area contributed by atoms with Crippen LogP contribution in [-0.2, 0) is 4.79 Å². The second-order valence-corrected chi connectivity index (χ2v) is 3.44. The molecule has 0 saturated heterocycles. The lowest BCUT2D eigenvalue weighted by Gasteiger charge is -2.18. The smallest absolute Gasteiger partial charge is 0.222 e. The van der Waals surface area contributed by atoms with E-state index in [0.717, 1.165) is 25.9 Å². The molecule has 0 saturated carbocycles. The Labute approximate surface area is 81.3 Å². The van der Waals surface area contributed by atoms with E-state index in [9.17, 15) is 4.79 Å². The van der Waals surface area contributed by atoms with E-state index in [1.807, 2.05) is 25.7 Å². The number of amides is 1. The van der Waals surface area contributed by atoms with Crippen molar-refractivity contribution in [1.29, 1.82) is 0 Å². The summed E-state index contributed by atoms with van der Waals surface area (Å²) in [5, 5.41) is 0. The summed E-state index contributed by atoms with van der Waals surface area (Å²) >= 11 is 0. The fraction of sp³-hybridized carbons (Fsp3) is 0.900. The Morgan fingerprint density at radius 1 is 1.38 bits per heavy atom. The number of carbonyl (C=O) groups is 1. The molecule has 0 radical (unpaired) electrons. The summed E-state index contributed by atoms with van der Waals surface area (Å²) in [6.07, 6.45) is 2.49. The lowest BCUT2D eigenvalue weighted by molar-refractivity contribution is -0.130. The van der Waals surface area contributed by atoms with Crippen molar-refractivity contribution in [3.8, 4) is 0 Å². The summed E-state index contributed by atoms with van der Waals surface area (Å²) in [5.41, 5.74) is 5.59. The SMILES string of the molecule is CCN(CC)C(=O)CCCC(C)N. The van der Waals surface area contributed by atoms with Gasteiger partial charge < -0.3 is 10.6 Å². The second kappa shape index (κ2) is 6.89. The van der Waals surface area contributed by atoms with Crippen molar-refractivity contribution in [3.05, 3.63) is 0 Å². The molecule has 0 aromatic carbocycles. The highest BCUT2D eigenvalue weighted by molar-refractivity contribution is 5.76. The Morgan fingerprint density at radius 2 is 1.92 bits per heavy atom. The molecule has 0 aromatic heterocycles. The normalized spacial score (nSPS) is 12.6. The summed E-state index contributed by atoms with van der Waals surface area (Å²) in [6.45, 7) is 7.61. The molecule has 0 aliphatic heterocycles. The molecule has 0 bridgehead atoms. The molecule has 1 atom stereocenters. The number of nitrogens with zero attached hydrogens (tertiary/aromatic N) is 1. The maximum atomic E-state index is 11.5.